The molecule has 0 spiro atoms. The van der Waals surface area contributed by atoms with Crippen molar-refractivity contribution in [2.75, 3.05) is 13.2 Å². The third kappa shape index (κ3) is 3.14. The summed E-state index contributed by atoms with van der Waals surface area (Å²) in [4.78, 5) is 13.3. The molecule has 1 atom stereocenters. The van der Waals surface area contributed by atoms with Crippen molar-refractivity contribution in [1.29, 1.82) is 0 Å². The number of amides is 1. The van der Waals surface area contributed by atoms with Crippen molar-refractivity contribution in [2.24, 2.45) is 0 Å². The average Bonchev–Trinajstić information content (AvgIpc) is 2.88. The van der Waals surface area contributed by atoms with Crippen molar-refractivity contribution in [1.82, 2.24) is 20.3 Å². The molecule has 0 unspecified atom stereocenters. The molecular formula is C14H18N4O2. The van der Waals surface area contributed by atoms with Crippen molar-refractivity contribution in [3.63, 3.8) is 0 Å². The number of fused-ring (bicyclic) bond motifs is 1. The normalized spacial score (nSPS) is 19.1. The molecule has 2 aromatic rings. The van der Waals surface area contributed by atoms with Crippen LogP contribution in [0.5, 0.6) is 0 Å². The molecule has 1 aliphatic rings. The SMILES string of the molecule is O=C(Cn1nc2ccccc2n1)NC[C@@H]1CCCCO1. The van der Waals surface area contributed by atoms with Gasteiger partial charge in [-0.1, -0.05) is 12.1 Å². The van der Waals surface area contributed by atoms with E-state index in [1.54, 1.807) is 0 Å². The highest BCUT2D eigenvalue weighted by atomic mass is 16.5. The highest BCUT2D eigenvalue weighted by Gasteiger charge is 2.15. The summed E-state index contributed by atoms with van der Waals surface area (Å²) in [6.07, 6.45) is 3.46. The summed E-state index contributed by atoms with van der Waals surface area (Å²) < 4.78 is 5.57. The van der Waals surface area contributed by atoms with Crippen molar-refractivity contribution in [2.45, 2.75) is 31.9 Å². The zero-order chi connectivity index (χ0) is 13.8. The van der Waals surface area contributed by atoms with Gasteiger partial charge in [-0.15, -0.1) is 0 Å². The van der Waals surface area contributed by atoms with E-state index in [2.05, 4.69) is 15.5 Å². The summed E-state index contributed by atoms with van der Waals surface area (Å²) in [5.41, 5.74) is 1.60. The van der Waals surface area contributed by atoms with Crippen LogP contribution in [-0.2, 0) is 16.1 Å². The summed E-state index contributed by atoms with van der Waals surface area (Å²) >= 11 is 0. The molecule has 1 saturated heterocycles. The molecule has 1 amide bonds. The lowest BCUT2D eigenvalue weighted by Gasteiger charge is -2.22. The molecule has 1 aromatic carbocycles. The number of carbonyl (C=O) groups excluding carboxylic acids is 1. The molecule has 0 bridgehead atoms. The molecular weight excluding hydrogens is 256 g/mol. The standard InChI is InChI=1S/C14H18N4O2/c19-14(15-9-11-5-3-4-8-20-11)10-18-16-12-6-1-2-7-13(12)17-18/h1-2,6-7,11H,3-5,8-10H2,(H,15,19)/t11-/m0/s1. The Balaban J connectivity index is 1.52. The van der Waals surface area contributed by atoms with E-state index in [1.165, 1.54) is 11.2 Å². The maximum atomic E-state index is 11.9. The van der Waals surface area contributed by atoms with Gasteiger partial charge >= 0.3 is 0 Å². The molecule has 1 N–H and O–H groups in total. The molecule has 1 aliphatic heterocycles. The van der Waals surface area contributed by atoms with Crippen LogP contribution in [0.2, 0.25) is 0 Å². The predicted octanol–water partition coefficient (Wildman–Crippen LogP) is 1.12. The lowest BCUT2D eigenvalue weighted by molar-refractivity contribution is -0.123. The predicted molar refractivity (Wildman–Crippen MR) is 74.1 cm³/mol. The van der Waals surface area contributed by atoms with Crippen LogP contribution >= 0.6 is 0 Å². The maximum absolute atomic E-state index is 11.9. The molecule has 6 heteroatoms. The van der Waals surface area contributed by atoms with E-state index in [0.29, 0.717) is 6.54 Å². The summed E-state index contributed by atoms with van der Waals surface area (Å²) in [5.74, 6) is -0.0838. The summed E-state index contributed by atoms with van der Waals surface area (Å²) in [6, 6.07) is 7.57. The fraction of sp³-hybridized carbons (Fsp3) is 0.500. The minimum absolute atomic E-state index is 0.0838. The zero-order valence-electron chi connectivity index (χ0n) is 11.3. The monoisotopic (exact) mass is 274 g/mol. The Bertz CT molecular complexity index is 557. The van der Waals surface area contributed by atoms with Gasteiger partial charge in [-0.2, -0.15) is 15.0 Å². The third-order valence-corrected chi connectivity index (χ3v) is 3.41. The molecule has 0 saturated carbocycles. The maximum Gasteiger partial charge on any atom is 0.243 e. The minimum atomic E-state index is -0.0838. The van der Waals surface area contributed by atoms with Gasteiger partial charge in [0.15, 0.2) is 0 Å². The average molecular weight is 274 g/mol. The first-order chi connectivity index (χ1) is 9.81. The van der Waals surface area contributed by atoms with E-state index in [-0.39, 0.29) is 18.6 Å². The summed E-state index contributed by atoms with van der Waals surface area (Å²) in [6.45, 7) is 1.51. The molecule has 0 radical (unpaired) electrons. The summed E-state index contributed by atoms with van der Waals surface area (Å²) in [5, 5.41) is 11.4. The second-order valence-corrected chi connectivity index (χ2v) is 5.01. The molecule has 106 valence electrons. The third-order valence-electron chi connectivity index (χ3n) is 3.41. The molecule has 1 aromatic heterocycles. The van der Waals surface area contributed by atoms with Crippen LogP contribution in [0.25, 0.3) is 11.0 Å². The van der Waals surface area contributed by atoms with Crippen LogP contribution in [0.3, 0.4) is 0 Å². The van der Waals surface area contributed by atoms with Gasteiger partial charge < -0.3 is 10.1 Å². The van der Waals surface area contributed by atoms with Crippen LogP contribution in [0.4, 0.5) is 0 Å². The molecule has 1 fully saturated rings. The molecule has 6 nitrogen and oxygen atoms in total. The van der Waals surface area contributed by atoms with Crippen LogP contribution in [0.15, 0.2) is 24.3 Å². The van der Waals surface area contributed by atoms with Crippen LogP contribution in [-0.4, -0.2) is 40.2 Å². The van der Waals surface area contributed by atoms with Crippen molar-refractivity contribution in [3.05, 3.63) is 24.3 Å². The lowest BCUT2D eigenvalue weighted by Crippen LogP contribution is -2.37. The zero-order valence-corrected chi connectivity index (χ0v) is 11.3. The van der Waals surface area contributed by atoms with Gasteiger partial charge in [0.25, 0.3) is 0 Å². The Morgan fingerprint density at radius 1 is 1.30 bits per heavy atom. The first kappa shape index (κ1) is 13.1. The molecule has 3 rings (SSSR count). The van der Waals surface area contributed by atoms with Gasteiger partial charge in [0.2, 0.25) is 5.91 Å². The number of hydrogen-bond donors (Lipinski definition) is 1. The van der Waals surface area contributed by atoms with Crippen molar-refractivity contribution < 1.29 is 9.53 Å². The second-order valence-electron chi connectivity index (χ2n) is 5.01. The van der Waals surface area contributed by atoms with Crippen molar-refractivity contribution in [3.8, 4) is 0 Å². The number of nitrogens with zero attached hydrogens (tertiary/aromatic N) is 3. The number of carbonyl (C=O) groups is 1. The number of nitrogens with one attached hydrogen (secondary N) is 1. The van der Waals surface area contributed by atoms with Gasteiger partial charge in [-0.05, 0) is 31.4 Å². The van der Waals surface area contributed by atoms with Gasteiger partial charge in [-0.3, -0.25) is 4.79 Å². The van der Waals surface area contributed by atoms with Gasteiger partial charge in [0.1, 0.15) is 17.6 Å². The number of aromatic nitrogens is 3. The first-order valence-corrected chi connectivity index (χ1v) is 6.99. The van der Waals surface area contributed by atoms with Gasteiger partial charge in [0.05, 0.1) is 6.10 Å². The van der Waals surface area contributed by atoms with E-state index in [1.807, 2.05) is 24.3 Å². The quantitative estimate of drug-likeness (QED) is 0.907. The Kier molecular flexibility index (Phi) is 3.92. The van der Waals surface area contributed by atoms with Crippen LogP contribution in [0, 0.1) is 0 Å². The fourth-order valence-corrected chi connectivity index (χ4v) is 2.36. The number of ether oxygens (including phenoxy) is 1. The fourth-order valence-electron chi connectivity index (χ4n) is 2.36. The van der Waals surface area contributed by atoms with Crippen LogP contribution in [0.1, 0.15) is 19.3 Å². The minimum Gasteiger partial charge on any atom is -0.376 e. The van der Waals surface area contributed by atoms with E-state index in [9.17, 15) is 4.79 Å². The smallest absolute Gasteiger partial charge is 0.243 e. The lowest BCUT2D eigenvalue weighted by atomic mass is 10.1. The Morgan fingerprint density at radius 3 is 2.70 bits per heavy atom. The first-order valence-electron chi connectivity index (χ1n) is 6.99. The number of benzene rings is 1. The van der Waals surface area contributed by atoms with Gasteiger partial charge in [-0.25, -0.2) is 0 Å². The van der Waals surface area contributed by atoms with E-state index in [0.717, 1.165) is 30.5 Å². The Hall–Kier alpha value is -1.95. The topological polar surface area (TPSA) is 69.0 Å². The highest BCUT2D eigenvalue weighted by molar-refractivity contribution is 5.77. The second kappa shape index (κ2) is 6.00. The number of rotatable bonds is 4. The summed E-state index contributed by atoms with van der Waals surface area (Å²) in [7, 11) is 0. The van der Waals surface area contributed by atoms with E-state index >= 15 is 0 Å². The van der Waals surface area contributed by atoms with E-state index < -0.39 is 0 Å². The largest absolute Gasteiger partial charge is 0.376 e. The Labute approximate surface area is 117 Å². The van der Waals surface area contributed by atoms with E-state index in [4.69, 9.17) is 4.74 Å². The Morgan fingerprint density at radius 2 is 2.05 bits per heavy atom. The molecule has 0 aliphatic carbocycles. The molecule has 20 heavy (non-hydrogen) atoms. The molecule has 2 heterocycles. The highest BCUT2D eigenvalue weighted by Crippen LogP contribution is 2.11. The number of hydrogen-bond acceptors (Lipinski definition) is 4. The van der Waals surface area contributed by atoms with Crippen LogP contribution < -0.4 is 5.32 Å². The van der Waals surface area contributed by atoms with Gasteiger partial charge in [0, 0.05) is 13.2 Å². The van der Waals surface area contributed by atoms with Crippen molar-refractivity contribution >= 4 is 16.9 Å².